The normalized spacial score (nSPS) is 20.8. The minimum atomic E-state index is -0.440. The molecule has 0 aliphatic carbocycles. The summed E-state index contributed by atoms with van der Waals surface area (Å²) in [6.45, 7) is 9.18. The van der Waals surface area contributed by atoms with Gasteiger partial charge in [0.1, 0.15) is 12.3 Å². The first-order chi connectivity index (χ1) is 17.3. The van der Waals surface area contributed by atoms with Crippen LogP contribution in [-0.4, -0.2) is 49.0 Å². The first-order valence-corrected chi connectivity index (χ1v) is 12.8. The van der Waals surface area contributed by atoms with Crippen molar-refractivity contribution >= 4 is 17.8 Å². The Kier molecular flexibility index (Phi) is 10.1. The van der Waals surface area contributed by atoms with E-state index in [1.165, 1.54) is 6.92 Å². The second kappa shape index (κ2) is 13.2. The molecule has 0 spiro atoms. The number of carbonyl (C=O) groups excluding carboxylic acids is 3. The summed E-state index contributed by atoms with van der Waals surface area (Å²) >= 11 is 0. The van der Waals surface area contributed by atoms with Gasteiger partial charge in [-0.2, -0.15) is 0 Å². The third-order valence-corrected chi connectivity index (χ3v) is 6.98. The largest absolute Gasteiger partial charge is 0.465 e. The number of hydrogen-bond donors (Lipinski definition) is 1. The molecule has 2 aromatic rings. The number of hydrogen-bond acceptors (Lipinski definition) is 6. The number of ether oxygens (including phenoxy) is 2. The molecule has 0 aromatic heterocycles. The first-order valence-electron chi connectivity index (χ1n) is 12.8. The zero-order valence-electron chi connectivity index (χ0n) is 21.7. The van der Waals surface area contributed by atoms with Gasteiger partial charge < -0.3 is 14.8 Å². The van der Waals surface area contributed by atoms with Gasteiger partial charge >= 0.3 is 11.9 Å². The summed E-state index contributed by atoms with van der Waals surface area (Å²) in [7, 11) is 0. The van der Waals surface area contributed by atoms with Crippen LogP contribution in [0.5, 0.6) is 5.75 Å². The van der Waals surface area contributed by atoms with Crippen molar-refractivity contribution in [2.75, 3.05) is 26.2 Å². The number of likely N-dealkylation sites (tertiary alicyclic amines) is 1. The lowest BCUT2D eigenvalue weighted by atomic mass is 9.78. The van der Waals surface area contributed by atoms with Crippen LogP contribution in [0.15, 0.2) is 54.6 Å². The SMILES string of the molecule is CCOC(=O)CNC(=O)[C@H](Cc1ccccc1)CN1CC[C@@H](C)[C@@H](C)[C@H]1c1cccc(OC(C)=O)c1. The van der Waals surface area contributed by atoms with E-state index in [4.69, 9.17) is 9.47 Å². The smallest absolute Gasteiger partial charge is 0.325 e. The molecule has 1 heterocycles. The third kappa shape index (κ3) is 7.65. The predicted octanol–water partition coefficient (Wildman–Crippen LogP) is 4.17. The van der Waals surface area contributed by atoms with Crippen LogP contribution >= 0.6 is 0 Å². The number of amides is 1. The van der Waals surface area contributed by atoms with Crippen LogP contribution in [-0.2, 0) is 25.5 Å². The van der Waals surface area contributed by atoms with Gasteiger partial charge in [-0.15, -0.1) is 0 Å². The molecule has 3 rings (SSSR count). The van der Waals surface area contributed by atoms with Crippen LogP contribution in [0.2, 0.25) is 0 Å². The quantitative estimate of drug-likeness (QED) is 0.394. The zero-order chi connectivity index (χ0) is 26.1. The van der Waals surface area contributed by atoms with E-state index >= 15 is 0 Å². The molecule has 194 valence electrons. The van der Waals surface area contributed by atoms with Crippen molar-refractivity contribution in [2.24, 2.45) is 17.8 Å². The van der Waals surface area contributed by atoms with Crippen molar-refractivity contribution < 1.29 is 23.9 Å². The maximum absolute atomic E-state index is 13.3. The Morgan fingerprint density at radius 3 is 2.53 bits per heavy atom. The molecule has 7 heteroatoms. The van der Waals surface area contributed by atoms with Crippen LogP contribution in [0.25, 0.3) is 0 Å². The molecule has 1 N–H and O–H groups in total. The number of nitrogens with one attached hydrogen (secondary N) is 1. The molecule has 2 aromatic carbocycles. The van der Waals surface area contributed by atoms with E-state index in [0.29, 0.717) is 30.6 Å². The monoisotopic (exact) mass is 494 g/mol. The van der Waals surface area contributed by atoms with E-state index < -0.39 is 5.97 Å². The molecule has 1 aliphatic rings. The maximum atomic E-state index is 13.3. The molecule has 0 bridgehead atoms. The lowest BCUT2D eigenvalue weighted by Crippen LogP contribution is -2.47. The Bertz CT molecular complexity index is 1030. The van der Waals surface area contributed by atoms with Gasteiger partial charge in [0, 0.05) is 19.5 Å². The average Bonchev–Trinajstić information content (AvgIpc) is 2.85. The van der Waals surface area contributed by atoms with Crippen LogP contribution in [0.3, 0.4) is 0 Å². The summed E-state index contributed by atoms with van der Waals surface area (Å²) in [5.74, 6) is 0.0749. The van der Waals surface area contributed by atoms with E-state index in [2.05, 4.69) is 30.1 Å². The van der Waals surface area contributed by atoms with Gasteiger partial charge in [-0.05, 0) is 61.4 Å². The Labute approximate surface area is 214 Å². The van der Waals surface area contributed by atoms with Gasteiger partial charge in [0.15, 0.2) is 0 Å². The fourth-order valence-electron chi connectivity index (χ4n) is 5.00. The van der Waals surface area contributed by atoms with E-state index in [1.807, 2.05) is 42.5 Å². The molecule has 36 heavy (non-hydrogen) atoms. The number of nitrogens with zero attached hydrogens (tertiary/aromatic N) is 1. The van der Waals surface area contributed by atoms with Crippen LogP contribution in [0.4, 0.5) is 0 Å². The van der Waals surface area contributed by atoms with Crippen molar-refractivity contribution in [3.05, 3.63) is 65.7 Å². The van der Waals surface area contributed by atoms with Crippen molar-refractivity contribution in [3.8, 4) is 5.75 Å². The average molecular weight is 495 g/mol. The molecule has 0 saturated carbocycles. The van der Waals surface area contributed by atoms with Gasteiger partial charge in [-0.3, -0.25) is 19.3 Å². The van der Waals surface area contributed by atoms with E-state index in [0.717, 1.165) is 24.1 Å². The molecule has 1 amide bonds. The fourth-order valence-corrected chi connectivity index (χ4v) is 5.00. The van der Waals surface area contributed by atoms with Crippen molar-refractivity contribution in [1.29, 1.82) is 0 Å². The van der Waals surface area contributed by atoms with Gasteiger partial charge in [0.25, 0.3) is 0 Å². The Morgan fingerprint density at radius 1 is 1.08 bits per heavy atom. The number of benzene rings is 2. The number of piperidine rings is 1. The summed E-state index contributed by atoms with van der Waals surface area (Å²) < 4.78 is 10.3. The highest BCUT2D eigenvalue weighted by Crippen LogP contribution is 2.40. The number of esters is 2. The van der Waals surface area contributed by atoms with Gasteiger partial charge in [0.2, 0.25) is 5.91 Å². The summed E-state index contributed by atoms with van der Waals surface area (Å²) in [6.07, 6.45) is 1.60. The topological polar surface area (TPSA) is 84.9 Å². The Hall–Kier alpha value is -3.19. The molecule has 0 unspecified atom stereocenters. The summed E-state index contributed by atoms with van der Waals surface area (Å²) in [4.78, 5) is 39.0. The lowest BCUT2D eigenvalue weighted by Gasteiger charge is -2.45. The zero-order valence-corrected chi connectivity index (χ0v) is 21.7. The number of rotatable bonds is 10. The van der Waals surface area contributed by atoms with E-state index in [9.17, 15) is 14.4 Å². The summed E-state index contributed by atoms with van der Waals surface area (Å²) in [6, 6.07) is 17.7. The molecular formula is C29H38N2O5. The second-order valence-corrected chi connectivity index (χ2v) is 9.64. The van der Waals surface area contributed by atoms with Gasteiger partial charge in [-0.25, -0.2) is 0 Å². The highest BCUT2D eigenvalue weighted by atomic mass is 16.5. The number of carbonyl (C=O) groups is 3. The second-order valence-electron chi connectivity index (χ2n) is 9.64. The minimum absolute atomic E-state index is 0.0698. The standard InChI is InChI=1S/C29H38N2O5/c1-5-35-27(33)18-30-29(34)25(16-23-10-7-6-8-11-23)19-31-15-14-20(2)21(3)28(31)24-12-9-13-26(17-24)36-22(4)32/h6-13,17,20-21,25,28H,5,14-16,18-19H2,1-4H3,(H,30,34)/t20-,21-,25-,28+/m1/s1. The molecule has 0 radical (unpaired) electrons. The first kappa shape index (κ1) is 27.4. The van der Waals surface area contributed by atoms with Crippen molar-refractivity contribution in [3.63, 3.8) is 0 Å². The van der Waals surface area contributed by atoms with E-state index in [1.54, 1.807) is 13.0 Å². The Morgan fingerprint density at radius 2 is 1.83 bits per heavy atom. The molecule has 1 fully saturated rings. The maximum Gasteiger partial charge on any atom is 0.325 e. The molecule has 7 nitrogen and oxygen atoms in total. The highest BCUT2D eigenvalue weighted by Gasteiger charge is 2.36. The van der Waals surface area contributed by atoms with Crippen molar-refractivity contribution in [1.82, 2.24) is 10.2 Å². The predicted molar refractivity (Wildman–Crippen MR) is 138 cm³/mol. The minimum Gasteiger partial charge on any atom is -0.465 e. The van der Waals surface area contributed by atoms with Crippen LogP contribution < -0.4 is 10.1 Å². The molecular weight excluding hydrogens is 456 g/mol. The van der Waals surface area contributed by atoms with Crippen LogP contribution in [0.1, 0.15) is 51.3 Å². The lowest BCUT2D eigenvalue weighted by molar-refractivity contribution is -0.144. The Balaban J connectivity index is 1.85. The summed E-state index contributed by atoms with van der Waals surface area (Å²) in [5, 5.41) is 2.78. The third-order valence-electron chi connectivity index (χ3n) is 6.98. The van der Waals surface area contributed by atoms with Gasteiger partial charge in [-0.1, -0.05) is 56.3 Å². The highest BCUT2D eigenvalue weighted by molar-refractivity contribution is 5.83. The summed E-state index contributed by atoms with van der Waals surface area (Å²) in [5.41, 5.74) is 2.14. The van der Waals surface area contributed by atoms with Crippen molar-refractivity contribution in [2.45, 2.75) is 46.6 Å². The molecule has 4 atom stereocenters. The van der Waals surface area contributed by atoms with Crippen LogP contribution in [0, 0.1) is 17.8 Å². The van der Waals surface area contributed by atoms with Gasteiger partial charge in [0.05, 0.1) is 12.5 Å². The molecule has 1 aliphatic heterocycles. The molecule has 1 saturated heterocycles. The fraction of sp³-hybridized carbons (Fsp3) is 0.483. The van der Waals surface area contributed by atoms with E-state index in [-0.39, 0.29) is 37.0 Å².